The average molecular weight is 290 g/mol. The van der Waals surface area contributed by atoms with Gasteiger partial charge in [0.05, 0.1) is 6.10 Å². The summed E-state index contributed by atoms with van der Waals surface area (Å²) >= 11 is 0. The minimum absolute atomic E-state index is 0.0813. The maximum Gasteiger partial charge on any atom is 0.136 e. The van der Waals surface area contributed by atoms with E-state index in [1.54, 1.807) is 0 Å². The summed E-state index contributed by atoms with van der Waals surface area (Å²) in [5.74, 6) is 2.74. The highest BCUT2D eigenvalue weighted by Crippen LogP contribution is 2.65. The molecule has 4 saturated carbocycles. The van der Waals surface area contributed by atoms with Crippen LogP contribution in [0, 0.1) is 34.5 Å². The molecule has 0 amide bonds. The van der Waals surface area contributed by atoms with Gasteiger partial charge in [0.1, 0.15) is 5.78 Å². The van der Waals surface area contributed by atoms with Crippen LogP contribution in [0.3, 0.4) is 0 Å². The van der Waals surface area contributed by atoms with Crippen molar-refractivity contribution in [1.29, 1.82) is 0 Å². The molecule has 0 aliphatic heterocycles. The molecule has 0 bridgehead atoms. The summed E-state index contributed by atoms with van der Waals surface area (Å²) in [5.41, 5.74) is 0.615. The highest BCUT2D eigenvalue weighted by Gasteiger charge is 2.60. The number of aliphatic hydroxyl groups is 1. The monoisotopic (exact) mass is 290 g/mol. The summed E-state index contributed by atoms with van der Waals surface area (Å²) in [7, 11) is 0. The zero-order valence-electron chi connectivity index (χ0n) is 13.6. The first-order valence-corrected chi connectivity index (χ1v) is 9.16. The van der Waals surface area contributed by atoms with E-state index in [2.05, 4.69) is 13.8 Å². The molecule has 0 heterocycles. The molecule has 4 aliphatic carbocycles. The molecule has 4 aliphatic rings. The topological polar surface area (TPSA) is 37.3 Å². The van der Waals surface area contributed by atoms with E-state index in [1.165, 1.54) is 32.1 Å². The zero-order chi connectivity index (χ0) is 14.8. The quantitative estimate of drug-likeness (QED) is 0.733. The molecule has 0 radical (unpaired) electrons. The predicted molar refractivity (Wildman–Crippen MR) is 82.7 cm³/mol. The third kappa shape index (κ3) is 1.84. The number of rotatable bonds is 0. The lowest BCUT2D eigenvalue weighted by Crippen LogP contribution is -2.55. The number of hydrogen-bond acceptors (Lipinski definition) is 2. The molecule has 2 heteroatoms. The lowest BCUT2D eigenvalue weighted by Gasteiger charge is -2.59. The largest absolute Gasteiger partial charge is 0.393 e. The predicted octanol–water partition coefficient (Wildman–Crippen LogP) is 3.96. The van der Waals surface area contributed by atoms with Crippen molar-refractivity contribution in [3.63, 3.8) is 0 Å². The van der Waals surface area contributed by atoms with E-state index in [4.69, 9.17) is 0 Å². The summed E-state index contributed by atoms with van der Waals surface area (Å²) in [4.78, 5) is 12.4. The Labute approximate surface area is 128 Å². The van der Waals surface area contributed by atoms with Crippen LogP contribution in [0.1, 0.15) is 71.6 Å². The summed E-state index contributed by atoms with van der Waals surface area (Å²) in [5, 5.41) is 10.6. The fourth-order valence-electron chi connectivity index (χ4n) is 7.18. The second-order valence-corrected chi connectivity index (χ2v) is 9.05. The van der Waals surface area contributed by atoms with Gasteiger partial charge in [-0.3, -0.25) is 4.79 Å². The van der Waals surface area contributed by atoms with Crippen molar-refractivity contribution in [2.75, 3.05) is 0 Å². The Kier molecular flexibility index (Phi) is 3.10. The molecule has 1 N–H and O–H groups in total. The van der Waals surface area contributed by atoms with Crippen LogP contribution >= 0.6 is 0 Å². The molecule has 0 saturated heterocycles. The van der Waals surface area contributed by atoms with Crippen LogP contribution in [-0.4, -0.2) is 17.0 Å². The minimum Gasteiger partial charge on any atom is -0.393 e. The Hall–Kier alpha value is -0.370. The second kappa shape index (κ2) is 4.57. The fraction of sp³-hybridized carbons (Fsp3) is 0.947. The fourth-order valence-corrected chi connectivity index (χ4v) is 7.18. The molecule has 21 heavy (non-hydrogen) atoms. The van der Waals surface area contributed by atoms with E-state index in [9.17, 15) is 9.90 Å². The molecule has 2 nitrogen and oxygen atoms in total. The Morgan fingerprint density at radius 3 is 2.62 bits per heavy atom. The van der Waals surface area contributed by atoms with Crippen LogP contribution < -0.4 is 0 Å². The summed E-state index contributed by atoms with van der Waals surface area (Å²) in [6, 6.07) is 0. The maximum atomic E-state index is 12.4. The molecule has 0 aromatic heterocycles. The Morgan fingerprint density at radius 2 is 1.81 bits per heavy atom. The molecular formula is C19H30O2. The van der Waals surface area contributed by atoms with Crippen LogP contribution in [0.25, 0.3) is 0 Å². The summed E-state index contributed by atoms with van der Waals surface area (Å²) < 4.78 is 0. The van der Waals surface area contributed by atoms with Crippen molar-refractivity contribution in [3.05, 3.63) is 0 Å². The van der Waals surface area contributed by atoms with Crippen molar-refractivity contribution in [3.8, 4) is 0 Å². The van der Waals surface area contributed by atoms with Crippen LogP contribution in [0.15, 0.2) is 0 Å². The molecular weight excluding hydrogens is 260 g/mol. The second-order valence-electron chi connectivity index (χ2n) is 9.05. The number of fused-ring (bicyclic) bond motifs is 5. The van der Waals surface area contributed by atoms with E-state index >= 15 is 0 Å². The number of aliphatic hydroxyl groups excluding tert-OH is 1. The van der Waals surface area contributed by atoms with Gasteiger partial charge in [0.2, 0.25) is 0 Å². The van der Waals surface area contributed by atoms with Gasteiger partial charge < -0.3 is 5.11 Å². The molecule has 0 spiro atoms. The first-order valence-electron chi connectivity index (χ1n) is 9.16. The van der Waals surface area contributed by atoms with Crippen molar-refractivity contribution in [2.24, 2.45) is 34.5 Å². The van der Waals surface area contributed by atoms with Gasteiger partial charge in [-0.05, 0) is 80.0 Å². The Morgan fingerprint density at radius 1 is 1.05 bits per heavy atom. The lowest BCUT2D eigenvalue weighted by atomic mass is 9.45. The van der Waals surface area contributed by atoms with Gasteiger partial charge >= 0.3 is 0 Å². The number of carbonyl (C=O) groups excluding carboxylic acids is 1. The maximum absolute atomic E-state index is 12.4. The first kappa shape index (κ1) is 14.2. The minimum atomic E-state index is -0.0813. The molecule has 0 aromatic rings. The van der Waals surface area contributed by atoms with Gasteiger partial charge in [-0.25, -0.2) is 0 Å². The van der Waals surface area contributed by atoms with Crippen molar-refractivity contribution >= 4 is 5.78 Å². The molecule has 118 valence electrons. The summed E-state index contributed by atoms with van der Waals surface area (Å²) in [6.07, 6.45) is 10.1. The molecule has 1 unspecified atom stereocenters. The third-order valence-corrected chi connectivity index (χ3v) is 8.19. The number of hydrogen-bond donors (Lipinski definition) is 1. The van der Waals surface area contributed by atoms with Crippen molar-refractivity contribution in [2.45, 2.75) is 77.7 Å². The van der Waals surface area contributed by atoms with E-state index in [0.717, 1.165) is 25.7 Å². The van der Waals surface area contributed by atoms with Crippen LogP contribution in [0.2, 0.25) is 0 Å². The van der Waals surface area contributed by atoms with Gasteiger partial charge in [-0.2, -0.15) is 0 Å². The van der Waals surface area contributed by atoms with E-state index < -0.39 is 0 Å². The third-order valence-electron chi connectivity index (χ3n) is 8.19. The lowest BCUT2D eigenvalue weighted by molar-refractivity contribution is -0.151. The van der Waals surface area contributed by atoms with E-state index in [0.29, 0.717) is 34.9 Å². The van der Waals surface area contributed by atoms with Gasteiger partial charge in [0, 0.05) is 12.3 Å². The standard InChI is InChI=1S/C19H30O2/c1-18-10-7-13-12(17(18)16(21)8-11-18)5-6-14-15(20)4-3-9-19(13,14)2/h12-14,16-17,21H,3-11H2,1-2H3/t12-,13+,14+,16?,17-,18-,19-/m1/s1. The van der Waals surface area contributed by atoms with Gasteiger partial charge in [0.15, 0.2) is 0 Å². The van der Waals surface area contributed by atoms with Crippen molar-refractivity contribution < 1.29 is 9.90 Å². The molecule has 7 atom stereocenters. The van der Waals surface area contributed by atoms with Crippen molar-refractivity contribution in [1.82, 2.24) is 0 Å². The molecule has 0 aromatic carbocycles. The van der Waals surface area contributed by atoms with E-state index in [-0.39, 0.29) is 11.5 Å². The molecule has 4 fully saturated rings. The SMILES string of the molecule is C[C@@]12CCC(O)[C@H]1[C@@H]1CC[C@H]3C(=O)CCC[C@]3(C)[C@H]1CC2. The van der Waals surface area contributed by atoms with Gasteiger partial charge in [0.25, 0.3) is 0 Å². The van der Waals surface area contributed by atoms with Crippen LogP contribution in [-0.2, 0) is 4.79 Å². The smallest absolute Gasteiger partial charge is 0.136 e. The number of carbonyl (C=O) groups is 1. The number of ketones is 1. The highest BCUT2D eigenvalue weighted by molar-refractivity contribution is 5.82. The van der Waals surface area contributed by atoms with E-state index in [1.807, 2.05) is 0 Å². The Bertz CT molecular complexity index is 458. The normalized spacial score (nSPS) is 56.5. The van der Waals surface area contributed by atoms with Crippen LogP contribution in [0.5, 0.6) is 0 Å². The first-order chi connectivity index (χ1) is 9.96. The zero-order valence-corrected chi connectivity index (χ0v) is 13.6. The van der Waals surface area contributed by atoms with Gasteiger partial charge in [-0.15, -0.1) is 0 Å². The highest BCUT2D eigenvalue weighted by atomic mass is 16.3. The Balaban J connectivity index is 1.68. The summed E-state index contributed by atoms with van der Waals surface area (Å²) in [6.45, 7) is 4.83. The number of Topliss-reactive ketones (excluding diaryl/α,β-unsaturated/α-hetero) is 1. The van der Waals surface area contributed by atoms with Crippen LogP contribution in [0.4, 0.5) is 0 Å². The average Bonchev–Trinajstić information content (AvgIpc) is 2.74. The molecule has 4 rings (SSSR count). The van der Waals surface area contributed by atoms with Gasteiger partial charge in [-0.1, -0.05) is 13.8 Å².